The van der Waals surface area contributed by atoms with E-state index < -0.39 is 0 Å². The number of aryl methyl sites for hydroxylation is 1. The highest BCUT2D eigenvalue weighted by Gasteiger charge is 2.27. The molecule has 3 aromatic rings. The molecule has 1 fully saturated rings. The van der Waals surface area contributed by atoms with Gasteiger partial charge in [0.05, 0.1) is 39.9 Å². The van der Waals surface area contributed by atoms with Crippen LogP contribution in [0.3, 0.4) is 0 Å². The zero-order valence-electron chi connectivity index (χ0n) is 19.4. The third kappa shape index (κ3) is 5.13. The van der Waals surface area contributed by atoms with Crippen molar-refractivity contribution in [3.8, 4) is 6.07 Å². The van der Waals surface area contributed by atoms with E-state index in [0.717, 1.165) is 29.4 Å². The van der Waals surface area contributed by atoms with Crippen LogP contribution in [0, 0.1) is 17.2 Å². The van der Waals surface area contributed by atoms with Gasteiger partial charge in [0, 0.05) is 49.1 Å². The Kier molecular flexibility index (Phi) is 7.61. The molecule has 0 bridgehead atoms. The molecule has 0 N–H and O–H groups in total. The van der Waals surface area contributed by atoms with E-state index in [1.165, 1.54) is 7.11 Å². The van der Waals surface area contributed by atoms with Crippen molar-refractivity contribution in [3.05, 3.63) is 67.8 Å². The number of amides is 1. The summed E-state index contributed by atoms with van der Waals surface area (Å²) in [5, 5.41) is 11.4. The Balaban J connectivity index is 1.58. The summed E-state index contributed by atoms with van der Waals surface area (Å²) in [6.07, 6.45) is 2.24. The number of carbonyl (C=O) groups excluding carboxylic acids is 2. The molecule has 0 radical (unpaired) electrons. The lowest BCUT2D eigenvalue weighted by atomic mass is 9.93. The highest BCUT2D eigenvalue weighted by atomic mass is 35.5. The van der Waals surface area contributed by atoms with E-state index in [1.54, 1.807) is 29.2 Å². The van der Waals surface area contributed by atoms with Crippen LogP contribution < -0.4 is 0 Å². The lowest BCUT2D eigenvalue weighted by Crippen LogP contribution is -2.39. The van der Waals surface area contributed by atoms with E-state index in [0.29, 0.717) is 57.7 Å². The minimum atomic E-state index is -0.223. The van der Waals surface area contributed by atoms with Crippen LogP contribution in [0.4, 0.5) is 0 Å². The van der Waals surface area contributed by atoms with Crippen molar-refractivity contribution in [3.63, 3.8) is 0 Å². The summed E-state index contributed by atoms with van der Waals surface area (Å²) in [6, 6.07) is 10.9. The maximum atomic E-state index is 13.3. The number of ether oxygens (including phenoxy) is 1. The second-order valence-corrected chi connectivity index (χ2v) is 9.97. The Morgan fingerprint density at radius 3 is 2.49 bits per heavy atom. The SMILES string of the molecule is COC(=O)CC1CCN(C(=O)c2ccc(Cl)c(Cc3cc4c(Cl)cc(C#N)cc4n3C)c2Cl)CC1. The second kappa shape index (κ2) is 10.5. The summed E-state index contributed by atoms with van der Waals surface area (Å²) >= 11 is 19.7. The average Bonchev–Trinajstić information content (AvgIpc) is 3.17. The molecule has 0 unspecified atom stereocenters. The first-order valence-electron chi connectivity index (χ1n) is 11.2. The summed E-state index contributed by atoms with van der Waals surface area (Å²) in [5.41, 5.74) is 3.27. The smallest absolute Gasteiger partial charge is 0.305 e. The fraction of sp³-hybridized carbons (Fsp3) is 0.346. The minimum absolute atomic E-state index is 0.150. The predicted octanol–water partition coefficient (Wildman–Crippen LogP) is 6.02. The van der Waals surface area contributed by atoms with E-state index in [2.05, 4.69) is 6.07 Å². The standard InChI is InChI=1S/C26H24Cl3N3O3/c1-31-17(12-19-22(28)9-16(14-30)10-23(19)31)13-20-21(27)4-3-18(25(20)29)26(34)32-7-5-15(6-8-32)11-24(33)35-2/h3-4,9-10,12,15H,5-8,11,13H2,1-2H3. The van der Waals surface area contributed by atoms with Crippen LogP contribution in [-0.4, -0.2) is 41.5 Å². The molecule has 35 heavy (non-hydrogen) atoms. The summed E-state index contributed by atoms with van der Waals surface area (Å²) in [5.74, 6) is -0.163. The molecule has 9 heteroatoms. The number of fused-ring (bicyclic) bond motifs is 1. The monoisotopic (exact) mass is 531 g/mol. The van der Waals surface area contributed by atoms with Crippen LogP contribution in [0.1, 0.15) is 46.4 Å². The number of likely N-dealkylation sites (tertiary alicyclic amines) is 1. The first-order valence-corrected chi connectivity index (χ1v) is 12.4. The number of nitrogens with zero attached hydrogens (tertiary/aromatic N) is 3. The summed E-state index contributed by atoms with van der Waals surface area (Å²) in [4.78, 5) is 26.6. The van der Waals surface area contributed by atoms with Gasteiger partial charge in [-0.05, 0) is 54.7 Å². The number of methoxy groups -OCH3 is 1. The minimum Gasteiger partial charge on any atom is -0.469 e. The Morgan fingerprint density at radius 1 is 1.11 bits per heavy atom. The van der Waals surface area contributed by atoms with Crippen molar-refractivity contribution < 1.29 is 14.3 Å². The highest BCUT2D eigenvalue weighted by molar-refractivity contribution is 6.38. The number of piperidine rings is 1. The fourth-order valence-electron chi connectivity index (χ4n) is 4.61. The maximum absolute atomic E-state index is 13.3. The molecule has 1 aliphatic heterocycles. The first-order chi connectivity index (χ1) is 16.7. The maximum Gasteiger partial charge on any atom is 0.305 e. The van der Waals surface area contributed by atoms with Crippen LogP contribution in [-0.2, 0) is 23.0 Å². The van der Waals surface area contributed by atoms with Gasteiger partial charge in [0.2, 0.25) is 0 Å². The number of hydrogen-bond acceptors (Lipinski definition) is 4. The number of aromatic nitrogens is 1. The number of hydrogen-bond donors (Lipinski definition) is 0. The van der Waals surface area contributed by atoms with Gasteiger partial charge in [-0.2, -0.15) is 5.26 Å². The molecule has 182 valence electrons. The summed E-state index contributed by atoms with van der Waals surface area (Å²) in [6.45, 7) is 1.11. The summed E-state index contributed by atoms with van der Waals surface area (Å²) in [7, 11) is 3.28. The van der Waals surface area contributed by atoms with E-state index in [9.17, 15) is 14.9 Å². The van der Waals surface area contributed by atoms with E-state index in [4.69, 9.17) is 39.5 Å². The van der Waals surface area contributed by atoms with Crippen molar-refractivity contribution in [2.75, 3.05) is 20.2 Å². The quantitative estimate of drug-likeness (QED) is 0.377. The molecule has 2 heterocycles. The molecule has 0 spiro atoms. The Bertz CT molecular complexity index is 1350. The number of nitriles is 1. The zero-order valence-corrected chi connectivity index (χ0v) is 21.7. The molecule has 2 aromatic carbocycles. The van der Waals surface area contributed by atoms with Gasteiger partial charge in [0.15, 0.2) is 0 Å². The number of benzene rings is 2. The molecule has 1 aromatic heterocycles. The summed E-state index contributed by atoms with van der Waals surface area (Å²) < 4.78 is 6.71. The van der Waals surface area contributed by atoms with Gasteiger partial charge in [-0.25, -0.2) is 0 Å². The topological polar surface area (TPSA) is 75.3 Å². The van der Waals surface area contributed by atoms with Crippen molar-refractivity contribution in [1.82, 2.24) is 9.47 Å². The van der Waals surface area contributed by atoms with Crippen molar-refractivity contribution >= 4 is 57.6 Å². The van der Waals surface area contributed by atoms with Gasteiger partial charge in [0.1, 0.15) is 0 Å². The van der Waals surface area contributed by atoms with Gasteiger partial charge in [-0.15, -0.1) is 0 Å². The molecule has 6 nitrogen and oxygen atoms in total. The second-order valence-electron chi connectivity index (χ2n) is 8.78. The number of esters is 1. The molecule has 0 atom stereocenters. The Hall–Kier alpha value is -2.72. The van der Waals surface area contributed by atoms with Gasteiger partial charge in [0.25, 0.3) is 5.91 Å². The molecule has 1 amide bonds. The van der Waals surface area contributed by atoms with Gasteiger partial charge in [-0.1, -0.05) is 34.8 Å². The first kappa shape index (κ1) is 25.4. The molecular weight excluding hydrogens is 509 g/mol. The van der Waals surface area contributed by atoms with E-state index >= 15 is 0 Å². The normalized spacial score (nSPS) is 14.2. The van der Waals surface area contributed by atoms with Gasteiger partial charge >= 0.3 is 5.97 Å². The van der Waals surface area contributed by atoms with Gasteiger partial charge in [-0.3, -0.25) is 9.59 Å². The van der Waals surface area contributed by atoms with Crippen molar-refractivity contribution in [1.29, 1.82) is 5.26 Å². The lowest BCUT2D eigenvalue weighted by molar-refractivity contribution is -0.142. The van der Waals surface area contributed by atoms with Crippen LogP contribution in [0.15, 0.2) is 30.3 Å². The average molecular weight is 533 g/mol. The highest BCUT2D eigenvalue weighted by Crippen LogP contribution is 2.34. The van der Waals surface area contributed by atoms with Gasteiger partial charge < -0.3 is 14.2 Å². The van der Waals surface area contributed by atoms with Crippen molar-refractivity contribution in [2.45, 2.75) is 25.7 Å². The Labute approximate surface area is 218 Å². The molecule has 1 aliphatic rings. The van der Waals surface area contributed by atoms with Crippen LogP contribution in [0.2, 0.25) is 15.1 Å². The van der Waals surface area contributed by atoms with Crippen molar-refractivity contribution in [2.24, 2.45) is 13.0 Å². The largest absolute Gasteiger partial charge is 0.469 e. The fourth-order valence-corrected chi connectivity index (χ4v) is 5.47. The van der Waals surface area contributed by atoms with Crippen LogP contribution >= 0.6 is 34.8 Å². The number of halogens is 3. The molecule has 4 rings (SSSR count). The van der Waals surface area contributed by atoms with Crippen LogP contribution in [0.5, 0.6) is 0 Å². The molecule has 1 saturated heterocycles. The predicted molar refractivity (Wildman–Crippen MR) is 137 cm³/mol. The third-order valence-corrected chi connectivity index (χ3v) is 7.80. The lowest BCUT2D eigenvalue weighted by Gasteiger charge is -2.32. The number of carbonyl (C=O) groups is 2. The Morgan fingerprint density at radius 2 is 1.83 bits per heavy atom. The van der Waals surface area contributed by atoms with E-state index in [1.807, 2.05) is 17.7 Å². The zero-order chi connectivity index (χ0) is 25.3. The molecule has 0 aliphatic carbocycles. The van der Waals surface area contributed by atoms with E-state index in [-0.39, 0.29) is 17.8 Å². The molecule has 0 saturated carbocycles. The van der Waals surface area contributed by atoms with Crippen LogP contribution in [0.25, 0.3) is 10.9 Å². The molecular formula is C26H24Cl3N3O3. The number of rotatable bonds is 5. The third-order valence-electron chi connectivity index (χ3n) is 6.70.